The Hall–Kier alpha value is -3.13. The van der Waals surface area contributed by atoms with E-state index in [9.17, 15) is 9.59 Å². The van der Waals surface area contributed by atoms with Crippen LogP contribution in [0.2, 0.25) is 0 Å². The number of hydrogen-bond donors (Lipinski definition) is 1. The molecule has 0 unspecified atom stereocenters. The predicted octanol–water partition coefficient (Wildman–Crippen LogP) is 3.54. The fourth-order valence-corrected chi connectivity index (χ4v) is 4.88. The average Bonchev–Trinajstić information content (AvgIpc) is 3.23. The van der Waals surface area contributed by atoms with Crippen molar-refractivity contribution in [3.8, 4) is 0 Å². The molecule has 0 atom stereocenters. The minimum atomic E-state index is -0.0903. The maximum Gasteiger partial charge on any atom is 0.272 e. The fourth-order valence-electron chi connectivity index (χ4n) is 4.29. The Labute approximate surface area is 198 Å². The van der Waals surface area contributed by atoms with Gasteiger partial charge in [0.15, 0.2) is 0 Å². The minimum absolute atomic E-state index is 0.0144. The lowest BCUT2D eigenvalue weighted by Crippen LogP contribution is -2.38. The van der Waals surface area contributed by atoms with Crippen LogP contribution in [0.5, 0.6) is 0 Å². The van der Waals surface area contributed by atoms with Crippen LogP contribution in [0.1, 0.15) is 55.8 Å². The summed E-state index contributed by atoms with van der Waals surface area (Å²) in [6.45, 7) is 5.54. The van der Waals surface area contributed by atoms with E-state index in [0.29, 0.717) is 30.9 Å². The number of nitrogens with one attached hydrogen (secondary N) is 1. The molecule has 8 heteroatoms. The standard InChI is InChI=1S/C25H29N5O2S/c1-5-18-12-22(29(3)28-18)25(32)30-11-10-19-17(15-30)13-26-16(2)21(19)14-27-24(31)20-8-6-7-9-23(20)33-4/h6-9,12-13H,5,10-11,14-15H2,1-4H3,(H,27,31). The van der Waals surface area contributed by atoms with Crippen LogP contribution in [-0.4, -0.2) is 44.3 Å². The fraction of sp³-hybridized carbons (Fsp3) is 0.360. The average molecular weight is 464 g/mol. The van der Waals surface area contributed by atoms with Crippen LogP contribution in [0.25, 0.3) is 0 Å². The molecule has 3 aromatic rings. The first kappa shape index (κ1) is 23.0. The second kappa shape index (κ2) is 9.79. The number of thioether (sulfide) groups is 1. The Bertz CT molecular complexity index is 1200. The number of aromatic nitrogens is 3. The number of pyridine rings is 1. The minimum Gasteiger partial charge on any atom is -0.348 e. The molecule has 0 aliphatic carbocycles. The summed E-state index contributed by atoms with van der Waals surface area (Å²) in [6, 6.07) is 9.49. The van der Waals surface area contributed by atoms with E-state index in [-0.39, 0.29) is 11.8 Å². The quantitative estimate of drug-likeness (QED) is 0.566. The van der Waals surface area contributed by atoms with Gasteiger partial charge in [-0.05, 0) is 60.9 Å². The number of carbonyl (C=O) groups is 2. The van der Waals surface area contributed by atoms with E-state index in [1.54, 1.807) is 16.4 Å². The van der Waals surface area contributed by atoms with Crippen molar-refractivity contribution in [1.82, 2.24) is 25.0 Å². The summed E-state index contributed by atoms with van der Waals surface area (Å²) in [5.41, 5.74) is 6.37. The molecule has 172 valence electrons. The maximum atomic E-state index is 13.1. The van der Waals surface area contributed by atoms with Gasteiger partial charge in [-0.3, -0.25) is 19.3 Å². The topological polar surface area (TPSA) is 80.1 Å². The number of aryl methyl sites for hydroxylation is 3. The van der Waals surface area contributed by atoms with Crippen molar-refractivity contribution >= 4 is 23.6 Å². The zero-order valence-electron chi connectivity index (χ0n) is 19.5. The lowest BCUT2D eigenvalue weighted by molar-refractivity contribution is 0.0723. The molecule has 0 radical (unpaired) electrons. The van der Waals surface area contributed by atoms with Crippen LogP contribution in [-0.2, 0) is 33.0 Å². The largest absolute Gasteiger partial charge is 0.348 e. The molecule has 3 heterocycles. The van der Waals surface area contributed by atoms with Crippen LogP contribution in [0.4, 0.5) is 0 Å². The van der Waals surface area contributed by atoms with Crippen molar-refractivity contribution in [1.29, 1.82) is 0 Å². The van der Waals surface area contributed by atoms with Crippen LogP contribution >= 0.6 is 11.8 Å². The van der Waals surface area contributed by atoms with Gasteiger partial charge >= 0.3 is 0 Å². The molecule has 0 fully saturated rings. The van der Waals surface area contributed by atoms with Crippen molar-refractivity contribution in [2.45, 2.75) is 44.7 Å². The molecule has 0 saturated heterocycles. The first-order chi connectivity index (χ1) is 15.9. The summed E-state index contributed by atoms with van der Waals surface area (Å²) < 4.78 is 1.66. The molecule has 1 N–H and O–H groups in total. The van der Waals surface area contributed by atoms with E-state index < -0.39 is 0 Å². The van der Waals surface area contributed by atoms with Crippen molar-refractivity contribution < 1.29 is 9.59 Å². The zero-order valence-corrected chi connectivity index (χ0v) is 20.3. The Kier molecular flexibility index (Phi) is 6.83. The van der Waals surface area contributed by atoms with E-state index in [0.717, 1.165) is 40.3 Å². The smallest absolute Gasteiger partial charge is 0.272 e. The molecule has 4 rings (SSSR count). The van der Waals surface area contributed by atoms with Gasteiger partial charge in [0.1, 0.15) is 5.69 Å². The number of nitrogens with zero attached hydrogens (tertiary/aromatic N) is 4. The van der Waals surface area contributed by atoms with Gasteiger partial charge in [0.2, 0.25) is 0 Å². The SMILES string of the molecule is CCc1cc(C(=O)N2CCc3c(cnc(C)c3CNC(=O)c3ccccc3SC)C2)n(C)n1. The summed E-state index contributed by atoms with van der Waals surface area (Å²) in [5.74, 6) is -0.105. The highest BCUT2D eigenvalue weighted by atomic mass is 32.2. The molecule has 7 nitrogen and oxygen atoms in total. The predicted molar refractivity (Wildman–Crippen MR) is 129 cm³/mol. The molecule has 0 saturated carbocycles. The molecule has 33 heavy (non-hydrogen) atoms. The van der Waals surface area contributed by atoms with Crippen molar-refractivity contribution in [2.75, 3.05) is 12.8 Å². The molecule has 1 aliphatic rings. The summed E-state index contributed by atoms with van der Waals surface area (Å²) in [6.07, 6.45) is 5.35. The Morgan fingerprint density at radius 2 is 2.03 bits per heavy atom. The second-order valence-corrected chi connectivity index (χ2v) is 9.03. The van der Waals surface area contributed by atoms with Crippen molar-refractivity contribution in [3.63, 3.8) is 0 Å². The monoisotopic (exact) mass is 463 g/mol. The number of amides is 2. The number of carbonyl (C=O) groups excluding carboxylic acids is 2. The van der Waals surface area contributed by atoms with Gasteiger partial charge in [-0.15, -0.1) is 11.8 Å². The molecule has 0 bridgehead atoms. The molecule has 1 aliphatic heterocycles. The van der Waals surface area contributed by atoms with E-state index in [2.05, 4.69) is 15.4 Å². The first-order valence-corrected chi connectivity index (χ1v) is 12.3. The zero-order chi connectivity index (χ0) is 23.5. The van der Waals surface area contributed by atoms with Crippen LogP contribution in [0, 0.1) is 6.92 Å². The summed E-state index contributed by atoms with van der Waals surface area (Å²) in [4.78, 5) is 33.3. The van der Waals surface area contributed by atoms with Gasteiger partial charge in [0.25, 0.3) is 11.8 Å². The van der Waals surface area contributed by atoms with Crippen molar-refractivity contribution in [2.24, 2.45) is 7.05 Å². The van der Waals surface area contributed by atoms with Crippen LogP contribution in [0.3, 0.4) is 0 Å². The highest BCUT2D eigenvalue weighted by molar-refractivity contribution is 7.98. The summed E-state index contributed by atoms with van der Waals surface area (Å²) in [7, 11) is 1.81. The number of rotatable bonds is 6. The summed E-state index contributed by atoms with van der Waals surface area (Å²) >= 11 is 1.56. The van der Waals surface area contributed by atoms with Gasteiger partial charge in [-0.25, -0.2) is 0 Å². The summed E-state index contributed by atoms with van der Waals surface area (Å²) in [5, 5.41) is 7.48. The lowest BCUT2D eigenvalue weighted by atomic mass is 9.94. The van der Waals surface area contributed by atoms with Gasteiger partial charge in [-0.2, -0.15) is 5.10 Å². The highest BCUT2D eigenvalue weighted by Crippen LogP contribution is 2.26. The molecule has 2 aromatic heterocycles. The van der Waals surface area contributed by atoms with E-state index >= 15 is 0 Å². The van der Waals surface area contributed by atoms with Gasteiger partial charge in [-0.1, -0.05) is 19.1 Å². The lowest BCUT2D eigenvalue weighted by Gasteiger charge is -2.30. The number of hydrogen-bond acceptors (Lipinski definition) is 5. The number of fused-ring (bicyclic) bond motifs is 1. The Morgan fingerprint density at radius 3 is 2.76 bits per heavy atom. The Balaban J connectivity index is 1.51. The van der Waals surface area contributed by atoms with E-state index in [1.165, 1.54) is 5.56 Å². The third-order valence-corrected chi connectivity index (χ3v) is 6.97. The second-order valence-electron chi connectivity index (χ2n) is 8.18. The molecule has 2 amide bonds. The Morgan fingerprint density at radius 1 is 1.24 bits per heavy atom. The number of benzene rings is 1. The maximum absolute atomic E-state index is 13.1. The van der Waals surface area contributed by atoms with Gasteiger partial charge < -0.3 is 10.2 Å². The van der Waals surface area contributed by atoms with Gasteiger partial charge in [0.05, 0.1) is 11.3 Å². The van der Waals surface area contributed by atoms with E-state index in [4.69, 9.17) is 0 Å². The third kappa shape index (κ3) is 4.66. The van der Waals surface area contributed by atoms with E-state index in [1.807, 2.05) is 68.6 Å². The van der Waals surface area contributed by atoms with Crippen LogP contribution < -0.4 is 5.32 Å². The molecule has 0 spiro atoms. The highest BCUT2D eigenvalue weighted by Gasteiger charge is 2.26. The van der Waals surface area contributed by atoms with Gasteiger partial charge in [0, 0.05) is 43.5 Å². The normalized spacial score (nSPS) is 13.0. The van der Waals surface area contributed by atoms with Crippen molar-refractivity contribution in [3.05, 3.63) is 75.9 Å². The molecular formula is C25H29N5O2S. The molecule has 1 aromatic carbocycles. The third-order valence-electron chi connectivity index (χ3n) is 6.17. The first-order valence-electron chi connectivity index (χ1n) is 11.1. The molecular weight excluding hydrogens is 434 g/mol. The van der Waals surface area contributed by atoms with Crippen LogP contribution in [0.15, 0.2) is 41.4 Å².